The minimum atomic E-state index is 0.946. The minimum absolute atomic E-state index is 0.946. The first kappa shape index (κ1) is 9.00. The zero-order valence-corrected chi connectivity index (χ0v) is 8.11. The molecule has 3 heteroatoms. The molecule has 0 fully saturated rings. The average molecular weight is 180 g/mol. The third kappa shape index (κ3) is 1.95. The lowest BCUT2D eigenvalue weighted by atomic mass is 10.2. The van der Waals surface area contributed by atoms with Crippen LogP contribution in [0.1, 0.15) is 12.6 Å². The molecule has 1 aromatic rings. The van der Waals surface area contributed by atoms with E-state index in [4.69, 9.17) is 0 Å². The SMILES string of the molecule is C=C/C=C(\C)c1csc(NC)n1. The van der Waals surface area contributed by atoms with Crippen molar-refractivity contribution >= 4 is 22.0 Å². The van der Waals surface area contributed by atoms with Crippen molar-refractivity contribution in [1.82, 2.24) is 4.98 Å². The quantitative estimate of drug-likeness (QED) is 0.723. The van der Waals surface area contributed by atoms with Crippen LogP contribution in [0, 0.1) is 0 Å². The van der Waals surface area contributed by atoms with Crippen molar-refractivity contribution in [2.45, 2.75) is 6.92 Å². The van der Waals surface area contributed by atoms with E-state index in [1.807, 2.05) is 25.4 Å². The molecule has 0 aliphatic rings. The molecule has 0 atom stereocenters. The van der Waals surface area contributed by atoms with Crippen LogP contribution in [0.3, 0.4) is 0 Å². The van der Waals surface area contributed by atoms with Gasteiger partial charge in [0.15, 0.2) is 5.13 Å². The Labute approximate surface area is 76.7 Å². The maximum absolute atomic E-state index is 4.34. The first-order valence-corrected chi connectivity index (χ1v) is 4.59. The van der Waals surface area contributed by atoms with Crippen molar-refractivity contribution in [3.63, 3.8) is 0 Å². The molecule has 0 bridgehead atoms. The number of hydrogen-bond acceptors (Lipinski definition) is 3. The van der Waals surface area contributed by atoms with E-state index in [-0.39, 0.29) is 0 Å². The van der Waals surface area contributed by atoms with Gasteiger partial charge in [-0.25, -0.2) is 4.98 Å². The summed E-state index contributed by atoms with van der Waals surface area (Å²) < 4.78 is 0. The van der Waals surface area contributed by atoms with E-state index in [9.17, 15) is 0 Å². The van der Waals surface area contributed by atoms with Gasteiger partial charge in [0.05, 0.1) is 5.69 Å². The molecule has 0 spiro atoms. The summed E-state index contributed by atoms with van der Waals surface area (Å²) >= 11 is 1.61. The van der Waals surface area contributed by atoms with Crippen molar-refractivity contribution in [2.75, 3.05) is 12.4 Å². The maximum atomic E-state index is 4.34. The molecule has 1 N–H and O–H groups in total. The fraction of sp³-hybridized carbons (Fsp3) is 0.222. The molecule has 0 aliphatic heterocycles. The summed E-state index contributed by atoms with van der Waals surface area (Å²) in [6.45, 7) is 5.66. The second-order valence-corrected chi connectivity index (χ2v) is 3.23. The Hall–Kier alpha value is -1.09. The first-order chi connectivity index (χ1) is 5.77. The molecule has 0 aliphatic carbocycles. The van der Waals surface area contributed by atoms with Crippen molar-refractivity contribution in [3.05, 3.63) is 29.8 Å². The normalized spacial score (nSPS) is 11.3. The Bertz CT molecular complexity index is 299. The smallest absolute Gasteiger partial charge is 0.182 e. The third-order valence-corrected chi connectivity index (χ3v) is 2.35. The van der Waals surface area contributed by atoms with Gasteiger partial charge in [-0.3, -0.25) is 0 Å². The molecule has 1 aromatic heterocycles. The maximum Gasteiger partial charge on any atom is 0.182 e. The van der Waals surface area contributed by atoms with Crippen LogP contribution in [0.2, 0.25) is 0 Å². The van der Waals surface area contributed by atoms with Crippen molar-refractivity contribution in [2.24, 2.45) is 0 Å². The molecule has 0 radical (unpaired) electrons. The Kier molecular flexibility index (Phi) is 3.05. The highest BCUT2D eigenvalue weighted by Gasteiger charge is 2.00. The number of nitrogens with one attached hydrogen (secondary N) is 1. The van der Waals surface area contributed by atoms with E-state index in [0.29, 0.717) is 0 Å². The van der Waals surface area contributed by atoms with E-state index in [2.05, 4.69) is 16.9 Å². The van der Waals surface area contributed by atoms with Gasteiger partial charge in [-0.1, -0.05) is 18.7 Å². The highest BCUT2D eigenvalue weighted by atomic mass is 32.1. The van der Waals surface area contributed by atoms with Gasteiger partial charge in [-0.05, 0) is 12.5 Å². The Morgan fingerprint density at radius 3 is 3.00 bits per heavy atom. The molecule has 64 valence electrons. The molecule has 0 amide bonds. The largest absolute Gasteiger partial charge is 0.365 e. The molecular weight excluding hydrogens is 168 g/mol. The Morgan fingerprint density at radius 2 is 2.50 bits per heavy atom. The third-order valence-electron chi connectivity index (χ3n) is 1.49. The summed E-state index contributed by atoms with van der Waals surface area (Å²) in [5.74, 6) is 0. The van der Waals surface area contributed by atoms with Gasteiger partial charge in [-0.15, -0.1) is 11.3 Å². The second-order valence-electron chi connectivity index (χ2n) is 2.37. The van der Waals surface area contributed by atoms with E-state index in [0.717, 1.165) is 16.4 Å². The van der Waals surface area contributed by atoms with Gasteiger partial charge in [0, 0.05) is 12.4 Å². The number of thiazole rings is 1. The summed E-state index contributed by atoms with van der Waals surface area (Å²) in [6.07, 6.45) is 3.72. The topological polar surface area (TPSA) is 24.9 Å². The van der Waals surface area contributed by atoms with Gasteiger partial charge in [0.2, 0.25) is 0 Å². The number of nitrogens with zero attached hydrogens (tertiary/aromatic N) is 1. The molecule has 0 unspecified atom stereocenters. The monoisotopic (exact) mass is 180 g/mol. The summed E-state index contributed by atoms with van der Waals surface area (Å²) in [4.78, 5) is 4.34. The van der Waals surface area contributed by atoms with Crippen LogP contribution < -0.4 is 5.32 Å². The molecule has 0 saturated carbocycles. The summed E-state index contributed by atoms with van der Waals surface area (Å²) in [7, 11) is 1.87. The molecule has 0 aromatic carbocycles. The highest BCUT2D eigenvalue weighted by Crippen LogP contribution is 2.20. The molecule has 2 nitrogen and oxygen atoms in total. The number of aromatic nitrogens is 1. The fourth-order valence-electron chi connectivity index (χ4n) is 0.832. The lowest BCUT2D eigenvalue weighted by molar-refractivity contribution is 1.31. The molecule has 0 saturated heterocycles. The number of rotatable bonds is 3. The Balaban J connectivity index is 2.88. The highest BCUT2D eigenvalue weighted by molar-refractivity contribution is 7.13. The molecule has 1 heterocycles. The molecule has 1 rings (SSSR count). The summed E-state index contributed by atoms with van der Waals surface area (Å²) in [5, 5.41) is 5.97. The van der Waals surface area contributed by atoms with Gasteiger partial charge >= 0.3 is 0 Å². The standard InChI is InChI=1S/C9H12N2S/c1-4-5-7(2)8-6-12-9(10-3)11-8/h4-6H,1H2,2-3H3,(H,10,11)/b7-5+. The van der Waals surface area contributed by atoms with E-state index < -0.39 is 0 Å². The number of hydrogen-bond donors (Lipinski definition) is 1. The zero-order valence-electron chi connectivity index (χ0n) is 7.29. The predicted molar refractivity (Wildman–Crippen MR) is 55.5 cm³/mol. The average Bonchev–Trinajstić information content (AvgIpc) is 2.52. The van der Waals surface area contributed by atoms with Crippen LogP contribution in [0.4, 0.5) is 5.13 Å². The van der Waals surface area contributed by atoms with Crippen molar-refractivity contribution in [1.29, 1.82) is 0 Å². The molecule has 12 heavy (non-hydrogen) atoms. The van der Waals surface area contributed by atoms with E-state index >= 15 is 0 Å². The van der Waals surface area contributed by atoms with Crippen LogP contribution in [0.5, 0.6) is 0 Å². The first-order valence-electron chi connectivity index (χ1n) is 3.71. The van der Waals surface area contributed by atoms with Crippen LogP contribution in [0.15, 0.2) is 24.1 Å². The second kappa shape index (κ2) is 4.07. The fourth-order valence-corrected chi connectivity index (χ4v) is 1.56. The number of allylic oxidation sites excluding steroid dienone is 3. The predicted octanol–water partition coefficient (Wildman–Crippen LogP) is 2.77. The minimum Gasteiger partial charge on any atom is -0.365 e. The lowest BCUT2D eigenvalue weighted by Gasteiger charge is -1.92. The van der Waals surface area contributed by atoms with Crippen LogP contribution in [-0.2, 0) is 0 Å². The van der Waals surface area contributed by atoms with Gasteiger partial charge < -0.3 is 5.32 Å². The summed E-state index contributed by atoms with van der Waals surface area (Å²) in [6, 6.07) is 0. The Morgan fingerprint density at radius 1 is 1.75 bits per heavy atom. The van der Waals surface area contributed by atoms with Gasteiger partial charge in [-0.2, -0.15) is 0 Å². The van der Waals surface area contributed by atoms with E-state index in [1.54, 1.807) is 17.4 Å². The zero-order chi connectivity index (χ0) is 8.97. The van der Waals surface area contributed by atoms with Crippen molar-refractivity contribution in [3.8, 4) is 0 Å². The van der Waals surface area contributed by atoms with Crippen LogP contribution in [-0.4, -0.2) is 12.0 Å². The van der Waals surface area contributed by atoms with Crippen LogP contribution in [0.25, 0.3) is 5.57 Å². The van der Waals surface area contributed by atoms with Gasteiger partial charge in [0.1, 0.15) is 0 Å². The summed E-state index contributed by atoms with van der Waals surface area (Å²) in [5.41, 5.74) is 2.16. The molecular formula is C9H12N2S. The van der Waals surface area contributed by atoms with Gasteiger partial charge in [0.25, 0.3) is 0 Å². The van der Waals surface area contributed by atoms with E-state index in [1.165, 1.54) is 0 Å². The number of anilines is 1. The lowest BCUT2D eigenvalue weighted by Crippen LogP contribution is -1.86. The van der Waals surface area contributed by atoms with Crippen molar-refractivity contribution < 1.29 is 0 Å². The van der Waals surface area contributed by atoms with Crippen LogP contribution >= 0.6 is 11.3 Å².